The lowest BCUT2D eigenvalue weighted by Crippen LogP contribution is -2.03. The molecule has 0 amide bonds. The number of hydrogen-bond donors (Lipinski definition) is 0. The third-order valence-electron chi connectivity index (χ3n) is 3.10. The van der Waals surface area contributed by atoms with Crippen LogP contribution in [0.15, 0.2) is 49.4 Å². The summed E-state index contributed by atoms with van der Waals surface area (Å²) in [7, 11) is 0. The van der Waals surface area contributed by atoms with Crippen LogP contribution in [-0.4, -0.2) is 34.7 Å². The van der Waals surface area contributed by atoms with E-state index in [1.807, 2.05) is 13.8 Å². The van der Waals surface area contributed by atoms with E-state index in [0.717, 1.165) is 5.56 Å². The second kappa shape index (κ2) is 6.86. The van der Waals surface area contributed by atoms with Crippen molar-refractivity contribution in [3.8, 4) is 17.1 Å². The lowest BCUT2D eigenvalue weighted by Gasteiger charge is -2.05. The Bertz CT molecular complexity index is 936. The Morgan fingerprint density at radius 1 is 0.958 bits per heavy atom. The van der Waals surface area contributed by atoms with Gasteiger partial charge in [0.05, 0.1) is 11.9 Å². The van der Waals surface area contributed by atoms with Gasteiger partial charge in [-0.3, -0.25) is 0 Å². The van der Waals surface area contributed by atoms with Crippen molar-refractivity contribution >= 4 is 11.2 Å². The molecule has 4 rings (SSSR count). The Balaban J connectivity index is 0.000000815. The van der Waals surface area contributed by atoms with Crippen molar-refractivity contribution in [2.75, 3.05) is 0 Å². The van der Waals surface area contributed by atoms with Crippen molar-refractivity contribution in [2.45, 2.75) is 13.8 Å². The van der Waals surface area contributed by atoms with Gasteiger partial charge < -0.3 is 0 Å². The van der Waals surface area contributed by atoms with Crippen molar-refractivity contribution in [2.24, 2.45) is 0 Å². The van der Waals surface area contributed by atoms with Crippen molar-refractivity contribution in [3.05, 3.63) is 55.3 Å². The molecule has 0 aliphatic rings. The number of hydrogen-bond acceptors (Lipinski definition) is 6. The van der Waals surface area contributed by atoms with Crippen LogP contribution >= 0.6 is 0 Å². The molecule has 0 spiro atoms. The summed E-state index contributed by atoms with van der Waals surface area (Å²) in [6, 6.07) is 6.04. The maximum Gasteiger partial charge on any atom is 0.186 e. The third-order valence-corrected chi connectivity index (χ3v) is 3.10. The predicted octanol–water partition coefficient (Wildman–Crippen LogP) is 2.83. The monoisotopic (exact) mass is 323 g/mol. The minimum Gasteiger partial charge on any atom is -0.239 e. The Morgan fingerprint density at radius 3 is 2.46 bits per heavy atom. The first kappa shape index (κ1) is 15.6. The Labute approximate surface area is 137 Å². The maximum atomic E-state index is 13.0. The molecule has 0 N–H and O–H groups in total. The summed E-state index contributed by atoms with van der Waals surface area (Å²) in [5.74, 6) is 0.183. The molecule has 0 radical (unpaired) electrons. The number of nitrogens with zero attached hydrogens (tertiary/aromatic N) is 7. The van der Waals surface area contributed by atoms with Gasteiger partial charge >= 0.3 is 0 Å². The Kier molecular flexibility index (Phi) is 4.46. The van der Waals surface area contributed by atoms with Gasteiger partial charge in [0.25, 0.3) is 0 Å². The van der Waals surface area contributed by atoms with Crippen LogP contribution in [0, 0.1) is 5.82 Å². The number of aromatic nitrogens is 7. The topological polar surface area (TPSA) is 82.3 Å². The highest BCUT2D eigenvalue weighted by molar-refractivity contribution is 5.79. The van der Waals surface area contributed by atoms with E-state index in [4.69, 9.17) is 0 Å². The average Bonchev–Trinajstić information content (AvgIpc) is 3.17. The van der Waals surface area contributed by atoms with Crippen LogP contribution in [0.3, 0.4) is 0 Å². The van der Waals surface area contributed by atoms with Crippen molar-refractivity contribution in [1.29, 1.82) is 0 Å². The molecular formula is C16H14FN7. The maximum absolute atomic E-state index is 13.0. The van der Waals surface area contributed by atoms with E-state index in [2.05, 4.69) is 30.0 Å². The first-order chi connectivity index (χ1) is 11.8. The highest BCUT2D eigenvalue weighted by Gasteiger charge is 2.11. The second-order valence-corrected chi connectivity index (χ2v) is 4.47. The van der Waals surface area contributed by atoms with E-state index < -0.39 is 0 Å². The van der Waals surface area contributed by atoms with Gasteiger partial charge in [-0.1, -0.05) is 13.8 Å². The molecule has 0 saturated carbocycles. The molecule has 8 heteroatoms. The fourth-order valence-electron chi connectivity index (χ4n) is 2.07. The van der Waals surface area contributed by atoms with Crippen LogP contribution in [-0.2, 0) is 0 Å². The average molecular weight is 323 g/mol. The zero-order chi connectivity index (χ0) is 16.9. The third kappa shape index (κ3) is 2.94. The number of rotatable bonds is 2. The smallest absolute Gasteiger partial charge is 0.186 e. The summed E-state index contributed by atoms with van der Waals surface area (Å²) < 4.78 is 14.5. The molecule has 7 nitrogen and oxygen atoms in total. The first-order valence-corrected chi connectivity index (χ1v) is 7.40. The van der Waals surface area contributed by atoms with Gasteiger partial charge in [-0.15, -0.1) is 0 Å². The van der Waals surface area contributed by atoms with E-state index in [9.17, 15) is 4.39 Å². The lowest BCUT2D eigenvalue weighted by molar-refractivity contribution is 0.628. The van der Waals surface area contributed by atoms with Gasteiger partial charge in [0.15, 0.2) is 17.0 Å². The molecule has 0 fully saturated rings. The quantitative estimate of drug-likeness (QED) is 0.564. The second-order valence-electron chi connectivity index (χ2n) is 4.47. The van der Waals surface area contributed by atoms with Crippen LogP contribution in [0.5, 0.6) is 0 Å². The Hall–Kier alpha value is -3.29. The first-order valence-electron chi connectivity index (χ1n) is 7.40. The molecule has 1 aromatic carbocycles. The van der Waals surface area contributed by atoms with E-state index in [1.165, 1.54) is 35.8 Å². The van der Waals surface area contributed by atoms with Gasteiger partial charge in [-0.25, -0.2) is 34.0 Å². The summed E-state index contributed by atoms with van der Waals surface area (Å²) in [5, 5.41) is 4.05. The van der Waals surface area contributed by atoms with Gasteiger partial charge in [0.1, 0.15) is 24.8 Å². The van der Waals surface area contributed by atoms with Gasteiger partial charge in [0, 0.05) is 5.56 Å². The molecule has 0 aliphatic carbocycles. The number of halogens is 1. The SMILES string of the molecule is CC.Fc1ccc(-c2cnc3ncnc(-n4cncn4)c3n2)cc1. The Morgan fingerprint density at radius 2 is 1.75 bits per heavy atom. The molecule has 3 heterocycles. The zero-order valence-electron chi connectivity index (χ0n) is 13.1. The standard InChI is InChI=1S/C14H8FN7.C2H6/c15-10-3-1-9(2-4-10)11-5-17-13-12(21-11)14(19-7-18-13)22-8-16-6-20-22;1-2/h1-8H;1-2H3. The molecule has 24 heavy (non-hydrogen) atoms. The molecule has 0 saturated heterocycles. The minimum atomic E-state index is -0.302. The molecule has 4 aromatic rings. The molecular weight excluding hydrogens is 309 g/mol. The molecule has 0 aliphatic heterocycles. The fraction of sp³-hybridized carbons (Fsp3) is 0.125. The van der Waals surface area contributed by atoms with Crippen molar-refractivity contribution in [1.82, 2.24) is 34.7 Å². The largest absolute Gasteiger partial charge is 0.239 e. The van der Waals surface area contributed by atoms with Crippen molar-refractivity contribution < 1.29 is 4.39 Å². The summed E-state index contributed by atoms with van der Waals surface area (Å²) in [5.41, 5.74) is 2.30. The minimum absolute atomic E-state index is 0.302. The van der Waals surface area contributed by atoms with Crippen LogP contribution in [0.2, 0.25) is 0 Å². The highest BCUT2D eigenvalue weighted by atomic mass is 19.1. The van der Waals surface area contributed by atoms with E-state index in [1.54, 1.807) is 18.3 Å². The molecule has 3 aromatic heterocycles. The van der Waals surface area contributed by atoms with Gasteiger partial charge in [-0.05, 0) is 24.3 Å². The lowest BCUT2D eigenvalue weighted by atomic mass is 10.1. The predicted molar refractivity (Wildman–Crippen MR) is 86.8 cm³/mol. The van der Waals surface area contributed by atoms with Crippen LogP contribution in [0.25, 0.3) is 28.2 Å². The molecule has 0 bridgehead atoms. The summed E-state index contributed by atoms with van der Waals surface area (Å²) >= 11 is 0. The van der Waals surface area contributed by atoms with E-state index in [0.29, 0.717) is 22.7 Å². The van der Waals surface area contributed by atoms with Crippen LogP contribution in [0.4, 0.5) is 4.39 Å². The van der Waals surface area contributed by atoms with Crippen molar-refractivity contribution in [3.63, 3.8) is 0 Å². The zero-order valence-corrected chi connectivity index (χ0v) is 13.1. The summed E-state index contributed by atoms with van der Waals surface area (Å²) in [6.45, 7) is 4.00. The van der Waals surface area contributed by atoms with Gasteiger partial charge in [0.2, 0.25) is 0 Å². The van der Waals surface area contributed by atoms with E-state index >= 15 is 0 Å². The summed E-state index contributed by atoms with van der Waals surface area (Å²) in [4.78, 5) is 21.0. The normalized spacial score (nSPS) is 10.3. The van der Waals surface area contributed by atoms with Crippen LogP contribution < -0.4 is 0 Å². The van der Waals surface area contributed by atoms with Crippen LogP contribution in [0.1, 0.15) is 13.8 Å². The number of fused-ring (bicyclic) bond motifs is 1. The van der Waals surface area contributed by atoms with E-state index in [-0.39, 0.29) is 5.82 Å². The fourth-order valence-corrected chi connectivity index (χ4v) is 2.07. The summed E-state index contributed by atoms with van der Waals surface area (Å²) in [6.07, 6.45) is 5.92. The van der Waals surface area contributed by atoms with Gasteiger partial charge in [-0.2, -0.15) is 5.10 Å². The molecule has 120 valence electrons. The molecule has 0 unspecified atom stereocenters. The number of benzene rings is 1. The highest BCUT2D eigenvalue weighted by Crippen LogP contribution is 2.20. The molecule has 0 atom stereocenters.